The molecule has 1 aliphatic rings. The molecule has 0 aromatic rings. The molecule has 0 aromatic carbocycles. The molecule has 66 valence electrons. The van der Waals surface area contributed by atoms with E-state index in [-0.39, 0.29) is 12.1 Å². The minimum atomic E-state index is -0.325. The predicted molar refractivity (Wildman–Crippen MR) is 44.4 cm³/mol. The van der Waals surface area contributed by atoms with Gasteiger partial charge < -0.3 is 9.47 Å². The van der Waals surface area contributed by atoms with Crippen LogP contribution in [0.5, 0.6) is 0 Å². The number of hydrogen-bond acceptors (Lipinski definition) is 3. The van der Waals surface area contributed by atoms with Gasteiger partial charge in [-0.15, -0.1) is 0 Å². The van der Waals surface area contributed by atoms with Crippen molar-refractivity contribution in [1.29, 1.82) is 0 Å². The summed E-state index contributed by atoms with van der Waals surface area (Å²) in [6, 6.07) is 0. The van der Waals surface area contributed by atoms with Crippen molar-refractivity contribution in [2.24, 2.45) is 0 Å². The van der Waals surface area contributed by atoms with Gasteiger partial charge >= 0.3 is 0 Å². The van der Waals surface area contributed by atoms with Crippen LogP contribution in [0.3, 0.4) is 0 Å². The first-order valence-electron chi connectivity index (χ1n) is 3.89. The van der Waals surface area contributed by atoms with Crippen molar-refractivity contribution < 1.29 is 14.3 Å². The Morgan fingerprint density at radius 3 is 3.00 bits per heavy atom. The number of hydrogen-bond donors (Lipinski definition) is 0. The van der Waals surface area contributed by atoms with E-state index >= 15 is 0 Å². The Hall–Kier alpha value is -1.09. The topological polar surface area (TPSA) is 35.5 Å². The molecule has 3 nitrogen and oxygen atoms in total. The molecule has 3 heteroatoms. The molecule has 0 fully saturated rings. The molecular formula is C9H12O3. The number of Topliss-reactive ketones (excluding diaryl/α,β-unsaturated/α-hetero) is 1. The Labute approximate surface area is 71.7 Å². The summed E-state index contributed by atoms with van der Waals surface area (Å²) in [5, 5.41) is 0. The molecular weight excluding hydrogens is 156 g/mol. The zero-order chi connectivity index (χ0) is 8.81. The second kappa shape index (κ2) is 4.72. The molecule has 0 aliphatic carbocycles. The summed E-state index contributed by atoms with van der Waals surface area (Å²) in [4.78, 5) is 10.5. The Morgan fingerprint density at radius 1 is 1.58 bits per heavy atom. The fraction of sp³-hybridized carbons (Fsp3) is 0.444. The fourth-order valence-electron chi connectivity index (χ4n) is 0.782. The van der Waals surface area contributed by atoms with Gasteiger partial charge in [0.05, 0.1) is 12.9 Å². The van der Waals surface area contributed by atoms with Crippen LogP contribution in [0, 0.1) is 0 Å². The van der Waals surface area contributed by atoms with E-state index in [1.165, 1.54) is 0 Å². The lowest BCUT2D eigenvalue weighted by atomic mass is 10.3. The van der Waals surface area contributed by atoms with Crippen LogP contribution >= 0.6 is 0 Å². The second-order valence-corrected chi connectivity index (χ2v) is 2.54. The highest BCUT2D eigenvalue weighted by atomic mass is 16.7. The van der Waals surface area contributed by atoms with Crippen molar-refractivity contribution in [2.75, 3.05) is 6.61 Å². The van der Waals surface area contributed by atoms with Crippen LogP contribution in [0.1, 0.15) is 13.3 Å². The van der Waals surface area contributed by atoms with Gasteiger partial charge in [0.25, 0.3) is 0 Å². The zero-order valence-corrected chi connectivity index (χ0v) is 7.03. The standard InChI is InChI=1S/C9H12O3/c1-8(10)5-7-12-9-4-2-3-6-11-9/h2-4,6,9H,5,7H2,1H3. The Morgan fingerprint density at radius 2 is 2.42 bits per heavy atom. The number of carbonyl (C=O) groups is 1. The SMILES string of the molecule is CC(=O)CCOC1C=CC=CO1. The first kappa shape index (κ1) is 9.00. The van der Waals surface area contributed by atoms with E-state index < -0.39 is 0 Å². The van der Waals surface area contributed by atoms with E-state index in [1.807, 2.05) is 6.08 Å². The predicted octanol–water partition coefficient (Wildman–Crippen LogP) is 1.41. The molecule has 0 radical (unpaired) electrons. The Kier molecular flexibility index (Phi) is 3.54. The average Bonchev–Trinajstić information content (AvgIpc) is 2.05. The molecule has 1 unspecified atom stereocenters. The minimum Gasteiger partial charge on any atom is -0.469 e. The van der Waals surface area contributed by atoms with Crippen molar-refractivity contribution in [3.05, 3.63) is 24.5 Å². The fourth-order valence-corrected chi connectivity index (χ4v) is 0.782. The molecule has 0 amide bonds. The maximum atomic E-state index is 10.5. The number of rotatable bonds is 4. The highest BCUT2D eigenvalue weighted by molar-refractivity contribution is 5.75. The van der Waals surface area contributed by atoms with Gasteiger partial charge in [-0.1, -0.05) is 6.08 Å². The molecule has 0 spiro atoms. The van der Waals surface area contributed by atoms with Crippen LogP contribution in [-0.4, -0.2) is 18.7 Å². The summed E-state index contributed by atoms with van der Waals surface area (Å²) in [6.45, 7) is 1.96. The van der Waals surface area contributed by atoms with Gasteiger partial charge in [-0.25, -0.2) is 0 Å². The summed E-state index contributed by atoms with van der Waals surface area (Å²) < 4.78 is 10.3. The van der Waals surface area contributed by atoms with E-state index in [0.717, 1.165) is 0 Å². The molecule has 0 bridgehead atoms. The number of carbonyl (C=O) groups excluding carboxylic acids is 1. The van der Waals surface area contributed by atoms with Gasteiger partial charge in [0.15, 0.2) is 0 Å². The average molecular weight is 168 g/mol. The van der Waals surface area contributed by atoms with Gasteiger partial charge in [-0.3, -0.25) is 4.79 Å². The summed E-state index contributed by atoms with van der Waals surface area (Å²) in [6.07, 6.45) is 7.11. The van der Waals surface area contributed by atoms with Crippen molar-refractivity contribution >= 4 is 5.78 Å². The van der Waals surface area contributed by atoms with Crippen molar-refractivity contribution in [2.45, 2.75) is 19.6 Å². The smallest absolute Gasteiger partial charge is 0.219 e. The summed E-state index contributed by atoms with van der Waals surface area (Å²) in [7, 11) is 0. The summed E-state index contributed by atoms with van der Waals surface area (Å²) >= 11 is 0. The summed E-state index contributed by atoms with van der Waals surface area (Å²) in [5.41, 5.74) is 0. The van der Waals surface area contributed by atoms with Gasteiger partial charge in [0, 0.05) is 6.42 Å². The van der Waals surface area contributed by atoms with Crippen molar-refractivity contribution in [3.63, 3.8) is 0 Å². The van der Waals surface area contributed by atoms with Crippen LogP contribution < -0.4 is 0 Å². The number of allylic oxidation sites excluding steroid dienone is 2. The number of ether oxygens (including phenoxy) is 2. The number of ketones is 1. The summed E-state index contributed by atoms with van der Waals surface area (Å²) in [5.74, 6) is 0.130. The lowest BCUT2D eigenvalue weighted by Crippen LogP contribution is -2.15. The lowest BCUT2D eigenvalue weighted by Gasteiger charge is -2.14. The maximum Gasteiger partial charge on any atom is 0.219 e. The lowest BCUT2D eigenvalue weighted by molar-refractivity contribution is -0.121. The molecule has 0 saturated heterocycles. The molecule has 12 heavy (non-hydrogen) atoms. The van der Waals surface area contributed by atoms with E-state index in [0.29, 0.717) is 13.0 Å². The van der Waals surface area contributed by atoms with E-state index in [9.17, 15) is 4.79 Å². The quantitative estimate of drug-likeness (QED) is 0.636. The van der Waals surface area contributed by atoms with Gasteiger partial charge in [0.1, 0.15) is 5.78 Å². The van der Waals surface area contributed by atoms with E-state index in [2.05, 4.69) is 0 Å². The second-order valence-electron chi connectivity index (χ2n) is 2.54. The third-order valence-corrected chi connectivity index (χ3v) is 1.41. The zero-order valence-electron chi connectivity index (χ0n) is 7.03. The van der Waals surface area contributed by atoms with E-state index in [1.54, 1.807) is 25.3 Å². The molecule has 0 aromatic heterocycles. The first-order chi connectivity index (χ1) is 5.79. The molecule has 1 rings (SSSR count). The molecule has 1 aliphatic heterocycles. The third kappa shape index (κ3) is 3.34. The van der Waals surface area contributed by atoms with Gasteiger partial charge in [-0.2, -0.15) is 0 Å². The van der Waals surface area contributed by atoms with Crippen LogP contribution in [0.4, 0.5) is 0 Å². The van der Waals surface area contributed by atoms with Crippen LogP contribution in [-0.2, 0) is 14.3 Å². The molecule has 1 atom stereocenters. The molecule has 1 heterocycles. The highest BCUT2D eigenvalue weighted by Crippen LogP contribution is 2.04. The maximum absolute atomic E-state index is 10.5. The van der Waals surface area contributed by atoms with Crippen LogP contribution in [0.25, 0.3) is 0 Å². The normalized spacial score (nSPS) is 20.6. The Bertz CT molecular complexity index is 206. The van der Waals surface area contributed by atoms with Gasteiger partial charge in [-0.05, 0) is 19.1 Å². The molecule has 0 saturated carbocycles. The van der Waals surface area contributed by atoms with Gasteiger partial charge in [0.2, 0.25) is 6.29 Å². The molecule has 0 N–H and O–H groups in total. The first-order valence-corrected chi connectivity index (χ1v) is 3.89. The van der Waals surface area contributed by atoms with Crippen LogP contribution in [0.2, 0.25) is 0 Å². The van der Waals surface area contributed by atoms with Crippen molar-refractivity contribution in [1.82, 2.24) is 0 Å². The van der Waals surface area contributed by atoms with E-state index in [4.69, 9.17) is 9.47 Å². The highest BCUT2D eigenvalue weighted by Gasteiger charge is 2.05. The Balaban J connectivity index is 2.11. The minimum absolute atomic E-state index is 0.130. The van der Waals surface area contributed by atoms with Crippen molar-refractivity contribution in [3.8, 4) is 0 Å². The monoisotopic (exact) mass is 168 g/mol. The third-order valence-electron chi connectivity index (χ3n) is 1.41. The largest absolute Gasteiger partial charge is 0.469 e. The van der Waals surface area contributed by atoms with Crippen LogP contribution in [0.15, 0.2) is 24.5 Å².